The fourth-order valence-electron chi connectivity index (χ4n) is 0.225. The Bertz CT molecular complexity index is 180. The summed E-state index contributed by atoms with van der Waals surface area (Å²) < 4.78 is 0. The summed E-state index contributed by atoms with van der Waals surface area (Å²) >= 11 is 0. The Hall–Kier alpha value is -0.190. The average molecular weight is 119 g/mol. The first-order valence-corrected chi connectivity index (χ1v) is 1.67. The van der Waals surface area contributed by atoms with Crippen LogP contribution in [0.15, 0.2) is 11.0 Å². The number of hydrogen-bond donors (Lipinski definition) is 1. The molecule has 0 saturated heterocycles. The van der Waals surface area contributed by atoms with E-state index in [4.69, 9.17) is 0 Å². The largest absolute Gasteiger partial charge is 1.00 e. The maximum atomic E-state index is 10.0. The second-order valence-corrected chi connectivity index (χ2v) is 0.932. The van der Waals surface area contributed by atoms with Crippen LogP contribution in [0.4, 0.5) is 0 Å². The molecule has 8 heavy (non-hydrogen) atoms. The molecular weight excluding hydrogens is 117 g/mol. The molecule has 0 atom stereocenters. The summed E-state index contributed by atoms with van der Waals surface area (Å²) in [6.07, 6.45) is 3.24. The van der Waals surface area contributed by atoms with Gasteiger partial charge in [0.1, 0.15) is 5.56 Å². The minimum absolute atomic E-state index is 0. The molecule has 0 fully saturated rings. The van der Waals surface area contributed by atoms with Crippen LogP contribution in [-0.4, -0.2) is 15.2 Å². The topological polar surface area (TPSA) is 58.6 Å². The molecule has 0 aliphatic rings. The summed E-state index contributed by atoms with van der Waals surface area (Å²) in [6.45, 7) is 0. The van der Waals surface area contributed by atoms with Gasteiger partial charge < -0.3 is 14.9 Å². The van der Waals surface area contributed by atoms with Gasteiger partial charge in [-0.3, -0.25) is 0 Å². The summed E-state index contributed by atoms with van der Waals surface area (Å²) in [5.74, 6) is 0. The third-order valence-electron chi connectivity index (χ3n) is 0.456. The molecule has 1 N–H and O–H groups in total. The Kier molecular flexibility index (Phi) is 3.68. The van der Waals surface area contributed by atoms with Gasteiger partial charge in [0, 0.05) is 6.20 Å². The van der Waals surface area contributed by atoms with Crippen molar-refractivity contribution >= 4 is 0 Å². The van der Waals surface area contributed by atoms with E-state index in [9.17, 15) is 4.79 Å². The van der Waals surface area contributed by atoms with Gasteiger partial charge in [0.2, 0.25) is 0 Å². The van der Waals surface area contributed by atoms with Crippen molar-refractivity contribution in [1.82, 2.24) is 15.2 Å². The Morgan fingerprint density at radius 1 is 1.75 bits per heavy atom. The maximum Gasteiger partial charge on any atom is 1.00 e. The van der Waals surface area contributed by atoms with E-state index in [2.05, 4.69) is 21.5 Å². The van der Waals surface area contributed by atoms with E-state index < -0.39 is 0 Å². The van der Waals surface area contributed by atoms with E-state index in [1.165, 1.54) is 0 Å². The Morgan fingerprint density at radius 3 is 2.75 bits per heavy atom. The summed E-state index contributed by atoms with van der Waals surface area (Å²) in [5, 5.41) is 5.58. The number of aromatic amines is 1. The van der Waals surface area contributed by atoms with Crippen LogP contribution < -0.4 is 35.1 Å². The number of rotatable bonds is 0. The molecule has 4 nitrogen and oxygen atoms in total. The van der Waals surface area contributed by atoms with E-state index in [-0.39, 0.29) is 35.1 Å². The van der Waals surface area contributed by atoms with Crippen LogP contribution in [0.25, 0.3) is 0 Å². The van der Waals surface area contributed by atoms with E-state index in [0.29, 0.717) is 0 Å². The van der Waals surface area contributed by atoms with Crippen molar-refractivity contribution in [2.75, 3.05) is 0 Å². The molecule has 0 unspecified atom stereocenters. The Labute approximate surface area is 67.6 Å². The molecule has 0 aliphatic carbocycles. The zero-order valence-corrected chi connectivity index (χ0v) is 6.38. The SMILES string of the molecule is O=c1cn[nH][c-]n1.[Na+]. The number of hydrogen-bond acceptors (Lipinski definition) is 3. The molecule has 0 amide bonds. The van der Waals surface area contributed by atoms with Crippen LogP contribution in [0.2, 0.25) is 0 Å². The second kappa shape index (κ2) is 3.77. The van der Waals surface area contributed by atoms with Gasteiger partial charge in [-0.2, -0.15) is 0 Å². The number of nitrogens with zero attached hydrogens (tertiary/aromatic N) is 2. The average Bonchev–Trinajstić information content (AvgIpc) is 1.69. The minimum Gasteiger partial charge on any atom is -0.397 e. The molecule has 0 saturated carbocycles. The van der Waals surface area contributed by atoms with E-state index in [1.807, 2.05) is 0 Å². The van der Waals surface area contributed by atoms with Crippen molar-refractivity contribution in [3.63, 3.8) is 0 Å². The van der Waals surface area contributed by atoms with Crippen LogP contribution >= 0.6 is 0 Å². The van der Waals surface area contributed by atoms with Gasteiger partial charge in [-0.05, 0) is 6.33 Å². The van der Waals surface area contributed by atoms with Gasteiger partial charge in [0.25, 0.3) is 0 Å². The third kappa shape index (κ3) is 2.20. The molecular formula is C3H2N3NaO. The van der Waals surface area contributed by atoms with Gasteiger partial charge >= 0.3 is 29.6 Å². The molecule has 5 heteroatoms. The van der Waals surface area contributed by atoms with Crippen molar-refractivity contribution in [2.24, 2.45) is 0 Å². The Balaban J connectivity index is 0.000000490. The molecule has 0 spiro atoms. The van der Waals surface area contributed by atoms with E-state index in [0.717, 1.165) is 6.20 Å². The monoisotopic (exact) mass is 119 g/mol. The normalized spacial score (nSPS) is 7.50. The van der Waals surface area contributed by atoms with Gasteiger partial charge in [-0.1, -0.05) is 0 Å². The molecule has 0 radical (unpaired) electrons. The molecule has 0 bridgehead atoms. The van der Waals surface area contributed by atoms with Crippen LogP contribution in [-0.2, 0) is 0 Å². The van der Waals surface area contributed by atoms with Crippen LogP contribution in [0.5, 0.6) is 0 Å². The van der Waals surface area contributed by atoms with Crippen LogP contribution in [0.1, 0.15) is 0 Å². The third-order valence-corrected chi connectivity index (χ3v) is 0.456. The maximum absolute atomic E-state index is 10.0. The first-order valence-electron chi connectivity index (χ1n) is 1.67. The number of aromatic nitrogens is 3. The summed E-state index contributed by atoms with van der Waals surface area (Å²) in [6, 6.07) is 0. The molecule has 36 valence electrons. The van der Waals surface area contributed by atoms with Crippen LogP contribution in [0.3, 0.4) is 0 Å². The van der Waals surface area contributed by atoms with Crippen LogP contribution in [0, 0.1) is 6.33 Å². The molecule has 0 aliphatic heterocycles. The van der Waals surface area contributed by atoms with Crippen molar-refractivity contribution < 1.29 is 29.6 Å². The Morgan fingerprint density at radius 2 is 2.50 bits per heavy atom. The predicted molar refractivity (Wildman–Crippen MR) is 21.5 cm³/mol. The molecule has 1 aromatic rings. The van der Waals surface area contributed by atoms with Crippen molar-refractivity contribution in [3.8, 4) is 0 Å². The van der Waals surface area contributed by atoms with Crippen molar-refractivity contribution in [2.45, 2.75) is 0 Å². The smallest absolute Gasteiger partial charge is 0.397 e. The summed E-state index contributed by atoms with van der Waals surface area (Å²) in [5.41, 5.74) is -0.376. The number of nitrogens with one attached hydrogen (secondary N) is 1. The first kappa shape index (κ1) is 7.81. The zero-order valence-electron chi connectivity index (χ0n) is 4.38. The van der Waals surface area contributed by atoms with Crippen molar-refractivity contribution in [3.05, 3.63) is 22.9 Å². The first-order chi connectivity index (χ1) is 3.39. The van der Waals surface area contributed by atoms with E-state index in [1.54, 1.807) is 0 Å². The van der Waals surface area contributed by atoms with E-state index >= 15 is 0 Å². The molecule has 1 aromatic heterocycles. The summed E-state index contributed by atoms with van der Waals surface area (Å²) in [4.78, 5) is 13.2. The van der Waals surface area contributed by atoms with Gasteiger partial charge in [-0.25, -0.2) is 5.10 Å². The fraction of sp³-hybridized carbons (Fsp3) is 0. The summed E-state index contributed by atoms with van der Waals surface area (Å²) in [7, 11) is 0. The minimum atomic E-state index is -0.376. The fourth-order valence-corrected chi connectivity index (χ4v) is 0.225. The quantitative estimate of drug-likeness (QED) is 0.279. The molecule has 0 aromatic carbocycles. The van der Waals surface area contributed by atoms with Gasteiger partial charge in [-0.15, -0.1) is 0 Å². The molecule has 1 heterocycles. The van der Waals surface area contributed by atoms with Gasteiger partial charge in [0.05, 0.1) is 0 Å². The zero-order chi connectivity index (χ0) is 5.11. The van der Waals surface area contributed by atoms with Gasteiger partial charge in [0.15, 0.2) is 0 Å². The number of H-pyrrole nitrogens is 1. The van der Waals surface area contributed by atoms with Crippen molar-refractivity contribution in [1.29, 1.82) is 0 Å². The predicted octanol–water partition coefficient (Wildman–Crippen LogP) is -4.03. The standard InChI is InChI=1S/C3H2N3O.Na/c7-3-1-5-6-2-4-3;/h1H,(H,4,6,7);/q-1;+1. The second-order valence-electron chi connectivity index (χ2n) is 0.932. The molecule has 1 rings (SSSR count).